The van der Waals surface area contributed by atoms with Gasteiger partial charge in [0.25, 0.3) is 0 Å². The summed E-state index contributed by atoms with van der Waals surface area (Å²) in [5.74, 6) is -1.27. The van der Waals surface area contributed by atoms with Gasteiger partial charge in [-0.1, -0.05) is 29.8 Å². The molecule has 7 heteroatoms. The summed E-state index contributed by atoms with van der Waals surface area (Å²) >= 11 is 3.16. The first-order valence-corrected chi connectivity index (χ1v) is 7.00. The molecule has 0 saturated carbocycles. The van der Waals surface area contributed by atoms with Crippen LogP contribution < -0.4 is 5.32 Å². The van der Waals surface area contributed by atoms with Crippen molar-refractivity contribution in [2.45, 2.75) is 19.8 Å². The van der Waals surface area contributed by atoms with E-state index in [2.05, 4.69) is 31.2 Å². The minimum atomic E-state index is -1.20. The topological polar surface area (TPSA) is 75.1 Å². The molecule has 0 bridgehead atoms. The predicted molar refractivity (Wildman–Crippen MR) is 80.5 cm³/mol. The summed E-state index contributed by atoms with van der Waals surface area (Å²) in [6, 6.07) is 4.43. The minimum Gasteiger partial charge on any atom is -0.476 e. The third-order valence-corrected chi connectivity index (χ3v) is 3.22. The first-order valence-electron chi connectivity index (χ1n) is 6.20. The molecule has 0 radical (unpaired) electrons. The van der Waals surface area contributed by atoms with Crippen LogP contribution in [-0.4, -0.2) is 21.0 Å². The van der Waals surface area contributed by atoms with E-state index in [1.54, 1.807) is 6.07 Å². The van der Waals surface area contributed by atoms with E-state index in [9.17, 15) is 14.3 Å². The number of benzene rings is 1. The van der Waals surface area contributed by atoms with Gasteiger partial charge in [-0.2, -0.15) is 0 Å². The van der Waals surface area contributed by atoms with E-state index in [0.717, 1.165) is 0 Å². The number of carbonyl (C=O) groups is 1. The van der Waals surface area contributed by atoms with Crippen molar-refractivity contribution >= 4 is 33.3 Å². The number of halogens is 2. The molecular weight excluding hydrogens is 341 g/mol. The molecule has 1 aromatic carbocycles. The van der Waals surface area contributed by atoms with Gasteiger partial charge in [-0.15, -0.1) is 0 Å². The van der Waals surface area contributed by atoms with Gasteiger partial charge >= 0.3 is 5.97 Å². The summed E-state index contributed by atoms with van der Waals surface area (Å²) in [5.41, 5.74) is 0.116. The Hall–Kier alpha value is -2.02. The second-order valence-electron chi connectivity index (χ2n) is 4.70. The Kier molecular flexibility index (Phi) is 4.52. The first kappa shape index (κ1) is 15.4. The van der Waals surface area contributed by atoms with Crippen LogP contribution in [0.15, 0.2) is 28.9 Å². The number of rotatable bonds is 4. The zero-order chi connectivity index (χ0) is 15.6. The highest BCUT2D eigenvalue weighted by Gasteiger charge is 2.16. The smallest absolute Gasteiger partial charge is 0.356 e. The van der Waals surface area contributed by atoms with Gasteiger partial charge in [0.05, 0.1) is 17.6 Å². The Bertz CT molecular complexity index is 692. The number of nitrogens with one attached hydrogen (secondary N) is 1. The van der Waals surface area contributed by atoms with Crippen molar-refractivity contribution in [3.05, 3.63) is 46.2 Å². The van der Waals surface area contributed by atoms with Gasteiger partial charge in [0, 0.05) is 10.4 Å². The van der Waals surface area contributed by atoms with Crippen molar-refractivity contribution in [2.75, 3.05) is 5.32 Å². The summed E-state index contributed by atoms with van der Waals surface area (Å²) < 4.78 is 14.4. The fourth-order valence-electron chi connectivity index (χ4n) is 1.66. The Morgan fingerprint density at radius 1 is 1.38 bits per heavy atom. The largest absolute Gasteiger partial charge is 0.476 e. The van der Waals surface area contributed by atoms with Crippen molar-refractivity contribution < 1.29 is 14.3 Å². The number of nitrogens with zero attached hydrogens (tertiary/aromatic N) is 2. The van der Waals surface area contributed by atoms with Crippen molar-refractivity contribution in [2.24, 2.45) is 0 Å². The summed E-state index contributed by atoms with van der Waals surface area (Å²) in [4.78, 5) is 19.4. The number of carboxylic acid groups (broad SMARTS) is 1. The Balaban J connectivity index is 2.41. The van der Waals surface area contributed by atoms with E-state index in [1.807, 2.05) is 13.8 Å². The summed E-state index contributed by atoms with van der Waals surface area (Å²) in [7, 11) is 0. The molecule has 2 N–H and O–H groups in total. The van der Waals surface area contributed by atoms with Gasteiger partial charge in [0.15, 0.2) is 5.69 Å². The predicted octanol–water partition coefficient (Wildman–Crippen LogP) is 3.94. The summed E-state index contributed by atoms with van der Waals surface area (Å²) in [6.07, 6.45) is 1.35. The van der Waals surface area contributed by atoms with E-state index in [0.29, 0.717) is 10.3 Å². The molecule has 0 aliphatic heterocycles. The van der Waals surface area contributed by atoms with Crippen molar-refractivity contribution in [3.8, 4) is 0 Å². The molecule has 21 heavy (non-hydrogen) atoms. The van der Waals surface area contributed by atoms with Crippen LogP contribution in [0.3, 0.4) is 0 Å². The van der Waals surface area contributed by atoms with E-state index in [4.69, 9.17) is 0 Å². The van der Waals surface area contributed by atoms with Crippen LogP contribution in [0.5, 0.6) is 0 Å². The van der Waals surface area contributed by atoms with Gasteiger partial charge in [-0.05, 0) is 18.2 Å². The average Bonchev–Trinajstić information content (AvgIpc) is 2.41. The van der Waals surface area contributed by atoms with Crippen molar-refractivity contribution in [3.63, 3.8) is 0 Å². The molecule has 2 rings (SSSR count). The van der Waals surface area contributed by atoms with Crippen LogP contribution in [0.4, 0.5) is 15.8 Å². The molecular formula is C14H13BrFN3O2. The molecule has 0 aliphatic rings. The lowest BCUT2D eigenvalue weighted by Gasteiger charge is -2.12. The van der Waals surface area contributed by atoms with Gasteiger partial charge in [-0.3, -0.25) is 0 Å². The molecule has 2 aromatic rings. The minimum absolute atomic E-state index is 0.00145. The third kappa shape index (κ3) is 3.55. The summed E-state index contributed by atoms with van der Waals surface area (Å²) in [6.45, 7) is 3.73. The molecule has 1 aromatic heterocycles. The molecule has 0 fully saturated rings. The van der Waals surface area contributed by atoms with Crippen LogP contribution >= 0.6 is 15.9 Å². The van der Waals surface area contributed by atoms with E-state index < -0.39 is 11.8 Å². The maximum absolute atomic E-state index is 13.8. The highest BCUT2D eigenvalue weighted by Crippen LogP contribution is 2.25. The molecule has 0 aliphatic carbocycles. The van der Waals surface area contributed by atoms with Crippen LogP contribution in [-0.2, 0) is 0 Å². The lowest BCUT2D eigenvalue weighted by Crippen LogP contribution is -2.10. The fourth-order valence-corrected chi connectivity index (χ4v) is 2.00. The molecule has 0 unspecified atom stereocenters. The average molecular weight is 354 g/mol. The highest BCUT2D eigenvalue weighted by molar-refractivity contribution is 9.10. The van der Waals surface area contributed by atoms with Gasteiger partial charge in [0.2, 0.25) is 0 Å². The molecule has 0 atom stereocenters. The van der Waals surface area contributed by atoms with E-state index in [1.165, 1.54) is 18.3 Å². The van der Waals surface area contributed by atoms with Gasteiger partial charge in [0.1, 0.15) is 11.6 Å². The second-order valence-corrected chi connectivity index (χ2v) is 5.62. The maximum Gasteiger partial charge on any atom is 0.356 e. The molecule has 0 amide bonds. The highest BCUT2D eigenvalue weighted by atomic mass is 79.9. The van der Waals surface area contributed by atoms with Crippen LogP contribution in [0.2, 0.25) is 0 Å². The standard InChI is InChI=1S/C14H13BrFN3O2/c1-7(2)13-17-6-11(12(19-13)14(20)21)18-10-4-3-8(15)5-9(10)16/h3-7,18H,1-2H3,(H,20,21). The molecule has 5 nitrogen and oxygen atoms in total. The number of hydrogen-bond acceptors (Lipinski definition) is 4. The Morgan fingerprint density at radius 2 is 2.10 bits per heavy atom. The normalized spacial score (nSPS) is 10.7. The molecule has 110 valence electrons. The first-order chi connectivity index (χ1) is 9.88. The quantitative estimate of drug-likeness (QED) is 0.870. The number of carboxylic acids is 1. The lowest BCUT2D eigenvalue weighted by molar-refractivity contribution is 0.0691. The SMILES string of the molecule is CC(C)c1ncc(Nc2ccc(Br)cc2F)c(C(=O)O)n1. The van der Waals surface area contributed by atoms with E-state index >= 15 is 0 Å². The van der Waals surface area contributed by atoms with E-state index in [-0.39, 0.29) is 23.0 Å². The van der Waals surface area contributed by atoms with Crippen LogP contribution in [0, 0.1) is 5.82 Å². The molecule has 0 spiro atoms. The van der Waals surface area contributed by atoms with Crippen molar-refractivity contribution in [1.82, 2.24) is 9.97 Å². The fraction of sp³-hybridized carbons (Fsp3) is 0.214. The van der Waals surface area contributed by atoms with Crippen LogP contribution in [0.1, 0.15) is 36.1 Å². The van der Waals surface area contributed by atoms with Crippen LogP contribution in [0.25, 0.3) is 0 Å². The molecule has 0 saturated heterocycles. The van der Waals surface area contributed by atoms with Gasteiger partial charge < -0.3 is 10.4 Å². The second kappa shape index (κ2) is 6.17. The van der Waals surface area contributed by atoms with Gasteiger partial charge in [-0.25, -0.2) is 19.2 Å². The monoisotopic (exact) mass is 353 g/mol. The van der Waals surface area contributed by atoms with Crippen molar-refractivity contribution in [1.29, 1.82) is 0 Å². The number of aromatic carboxylic acids is 1. The maximum atomic E-state index is 13.8. The Morgan fingerprint density at radius 3 is 2.67 bits per heavy atom. The zero-order valence-electron chi connectivity index (χ0n) is 11.4. The third-order valence-electron chi connectivity index (χ3n) is 2.73. The Labute approximate surface area is 129 Å². The number of hydrogen-bond donors (Lipinski definition) is 2. The number of aromatic nitrogens is 2. The zero-order valence-corrected chi connectivity index (χ0v) is 13.0. The lowest BCUT2D eigenvalue weighted by atomic mass is 10.2. The molecule has 1 heterocycles. The summed E-state index contributed by atoms with van der Waals surface area (Å²) in [5, 5.41) is 11.9. The number of anilines is 2.